The van der Waals surface area contributed by atoms with E-state index in [9.17, 15) is 39.6 Å². The average Bonchev–Trinajstić information content (AvgIpc) is 2.91. The van der Waals surface area contributed by atoms with Crippen LogP contribution in [0.3, 0.4) is 0 Å². The number of hydrogen-bond donors (Lipinski definition) is 4. The highest BCUT2D eigenvalue weighted by Crippen LogP contribution is 2.27. The van der Waals surface area contributed by atoms with E-state index in [0.29, 0.717) is 0 Å². The third kappa shape index (κ3) is 4.75. The van der Waals surface area contributed by atoms with Crippen molar-refractivity contribution in [3.63, 3.8) is 0 Å². The molecule has 34 heavy (non-hydrogen) atoms. The fourth-order valence-corrected chi connectivity index (χ4v) is 3.45. The zero-order chi connectivity index (χ0) is 24.9. The van der Waals surface area contributed by atoms with Gasteiger partial charge >= 0.3 is 0 Å². The van der Waals surface area contributed by atoms with Gasteiger partial charge in [-0.1, -0.05) is 91.0 Å². The molecule has 8 nitrogen and oxygen atoms in total. The number of carbonyl (C=O) groups is 4. The molecule has 8 heteroatoms. The number of aliphatic hydroxyl groups is 4. The summed E-state index contributed by atoms with van der Waals surface area (Å²) in [5.41, 5.74) is -3.84. The van der Waals surface area contributed by atoms with Crippen molar-refractivity contribution in [3.8, 4) is 0 Å². The largest absolute Gasteiger partial charge is 0.386 e. The molecule has 4 atom stereocenters. The minimum atomic E-state index is -3.42. The van der Waals surface area contributed by atoms with E-state index in [1.165, 1.54) is 72.8 Å². The maximum atomic E-state index is 13.2. The number of hydrogen-bond acceptors (Lipinski definition) is 8. The van der Waals surface area contributed by atoms with Gasteiger partial charge in [-0.3, -0.25) is 19.2 Å². The third-order valence-corrected chi connectivity index (χ3v) is 5.40. The Morgan fingerprint density at radius 1 is 0.618 bits per heavy atom. The molecule has 0 aliphatic heterocycles. The van der Waals surface area contributed by atoms with Gasteiger partial charge in [0.25, 0.3) is 0 Å². The van der Waals surface area contributed by atoms with Gasteiger partial charge in [0.05, 0.1) is 0 Å². The molecule has 3 aromatic rings. The molecule has 0 spiro atoms. The first-order valence-corrected chi connectivity index (χ1v) is 10.3. The Morgan fingerprint density at radius 3 is 1.50 bits per heavy atom. The Kier molecular flexibility index (Phi) is 7.60. The van der Waals surface area contributed by atoms with Crippen LogP contribution in [0.2, 0.25) is 0 Å². The smallest absolute Gasteiger partial charge is 0.235 e. The molecule has 3 aromatic carbocycles. The van der Waals surface area contributed by atoms with E-state index in [-0.39, 0.29) is 16.7 Å². The van der Waals surface area contributed by atoms with E-state index in [2.05, 4.69) is 0 Å². The summed E-state index contributed by atoms with van der Waals surface area (Å²) in [5.74, 6) is -5.26. The van der Waals surface area contributed by atoms with E-state index >= 15 is 0 Å². The molecule has 4 N–H and O–H groups in total. The molecule has 1 unspecified atom stereocenters. The molecule has 0 saturated carbocycles. The number of carbonyl (C=O) groups excluding carboxylic acids is 4. The van der Waals surface area contributed by atoms with Crippen molar-refractivity contribution in [3.05, 3.63) is 108 Å². The molecule has 0 fully saturated rings. The fourth-order valence-electron chi connectivity index (χ4n) is 3.45. The van der Waals surface area contributed by atoms with Crippen molar-refractivity contribution >= 4 is 23.1 Å². The Hall–Kier alpha value is -3.82. The highest BCUT2D eigenvalue weighted by atomic mass is 16.4. The molecular weight excluding hydrogens is 440 g/mol. The summed E-state index contributed by atoms with van der Waals surface area (Å²) in [6, 6.07) is 21.2. The lowest BCUT2D eigenvalue weighted by Crippen LogP contribution is -2.65. The molecule has 0 heterocycles. The highest BCUT2D eigenvalue weighted by Gasteiger charge is 2.57. The van der Waals surface area contributed by atoms with Crippen LogP contribution in [0.1, 0.15) is 31.1 Å². The SMILES string of the molecule is O=C(C(=O)[C@H](O)[C@@](O)(C(=O)c1ccccc1)[C@H](O)C(O)C(=O)c1ccccc1)c1ccccc1. The summed E-state index contributed by atoms with van der Waals surface area (Å²) in [5, 5.41) is 43.4. The van der Waals surface area contributed by atoms with E-state index < -0.39 is 47.0 Å². The standard InChI is InChI=1S/C26H22O8/c27-19(16-10-4-1-5-11-16)21(29)24(32)26(34,23(31)18-14-8-3-9-15-18)25(33)22(30)20(28)17-12-6-2-7-13-17/h1-15,21,24-25,29,32-34H/t21?,24-,25+,26-/m1/s1. The van der Waals surface area contributed by atoms with Gasteiger partial charge in [0.1, 0.15) is 12.2 Å². The Morgan fingerprint density at radius 2 is 1.03 bits per heavy atom. The predicted molar refractivity (Wildman–Crippen MR) is 120 cm³/mol. The molecule has 174 valence electrons. The number of ketones is 4. The highest BCUT2D eigenvalue weighted by molar-refractivity contribution is 6.45. The van der Waals surface area contributed by atoms with Crippen LogP contribution < -0.4 is 0 Å². The molecular formula is C26H22O8. The van der Waals surface area contributed by atoms with Gasteiger partial charge in [-0.05, 0) is 0 Å². The first-order chi connectivity index (χ1) is 16.2. The maximum Gasteiger partial charge on any atom is 0.235 e. The lowest BCUT2D eigenvalue weighted by Gasteiger charge is -2.36. The molecule has 0 amide bonds. The van der Waals surface area contributed by atoms with Crippen molar-refractivity contribution in [1.82, 2.24) is 0 Å². The summed E-state index contributed by atoms with van der Waals surface area (Å²) >= 11 is 0. The molecule has 0 bridgehead atoms. The molecule has 0 aliphatic rings. The monoisotopic (exact) mass is 462 g/mol. The second-order valence-corrected chi connectivity index (χ2v) is 7.60. The van der Waals surface area contributed by atoms with Gasteiger partial charge in [-0.25, -0.2) is 0 Å². The first kappa shape index (κ1) is 24.8. The number of benzene rings is 3. The van der Waals surface area contributed by atoms with E-state index in [1.54, 1.807) is 18.2 Å². The predicted octanol–water partition coefficient (Wildman–Crippen LogP) is 1.02. The van der Waals surface area contributed by atoms with Crippen LogP contribution in [0, 0.1) is 0 Å². The molecule has 0 aromatic heterocycles. The van der Waals surface area contributed by atoms with Crippen LogP contribution >= 0.6 is 0 Å². The topological polar surface area (TPSA) is 149 Å². The van der Waals surface area contributed by atoms with Crippen molar-refractivity contribution in [2.45, 2.75) is 23.9 Å². The molecule has 0 saturated heterocycles. The minimum absolute atomic E-state index is 0.0512. The Bertz CT molecular complexity index is 1180. The van der Waals surface area contributed by atoms with E-state index in [0.717, 1.165) is 0 Å². The van der Waals surface area contributed by atoms with Gasteiger partial charge in [0, 0.05) is 16.7 Å². The van der Waals surface area contributed by atoms with Crippen LogP contribution in [-0.2, 0) is 4.79 Å². The van der Waals surface area contributed by atoms with E-state index in [4.69, 9.17) is 0 Å². The van der Waals surface area contributed by atoms with Gasteiger partial charge in [0.2, 0.25) is 11.6 Å². The lowest BCUT2D eigenvalue weighted by molar-refractivity contribution is -0.157. The third-order valence-electron chi connectivity index (χ3n) is 5.40. The number of aliphatic hydroxyl groups excluding tert-OH is 3. The Balaban J connectivity index is 2.03. The number of Topliss-reactive ketones (excluding diaryl/α,β-unsaturated/α-hetero) is 4. The number of rotatable bonds is 10. The summed E-state index contributed by atoms with van der Waals surface area (Å²) in [6.07, 6.45) is -7.86. The molecule has 0 aliphatic carbocycles. The van der Waals surface area contributed by atoms with Crippen LogP contribution in [-0.4, -0.2) is 67.5 Å². The summed E-state index contributed by atoms with van der Waals surface area (Å²) in [4.78, 5) is 51.3. The molecule has 3 rings (SSSR count). The van der Waals surface area contributed by atoms with Gasteiger partial charge in [-0.15, -0.1) is 0 Å². The average molecular weight is 462 g/mol. The van der Waals surface area contributed by atoms with Crippen LogP contribution in [0.4, 0.5) is 0 Å². The quantitative estimate of drug-likeness (QED) is 0.258. The van der Waals surface area contributed by atoms with Crippen molar-refractivity contribution in [2.24, 2.45) is 0 Å². The minimum Gasteiger partial charge on any atom is -0.386 e. The Labute approximate surface area is 194 Å². The zero-order valence-corrected chi connectivity index (χ0v) is 17.8. The normalized spacial score (nSPS) is 15.4. The van der Waals surface area contributed by atoms with Crippen LogP contribution in [0.5, 0.6) is 0 Å². The summed E-state index contributed by atoms with van der Waals surface area (Å²) in [6.45, 7) is 0. The second kappa shape index (κ2) is 10.4. The second-order valence-electron chi connectivity index (χ2n) is 7.60. The zero-order valence-electron chi connectivity index (χ0n) is 17.8. The lowest BCUT2D eigenvalue weighted by atomic mass is 9.77. The van der Waals surface area contributed by atoms with E-state index in [1.807, 2.05) is 0 Å². The molecule has 0 radical (unpaired) electrons. The van der Waals surface area contributed by atoms with Gasteiger partial charge in [-0.2, -0.15) is 0 Å². The fraction of sp³-hybridized carbons (Fsp3) is 0.154. The first-order valence-electron chi connectivity index (χ1n) is 10.3. The van der Waals surface area contributed by atoms with Gasteiger partial charge in [0.15, 0.2) is 23.3 Å². The van der Waals surface area contributed by atoms with Crippen LogP contribution in [0.15, 0.2) is 91.0 Å². The van der Waals surface area contributed by atoms with Crippen molar-refractivity contribution in [1.29, 1.82) is 0 Å². The summed E-state index contributed by atoms with van der Waals surface area (Å²) in [7, 11) is 0. The maximum absolute atomic E-state index is 13.2. The van der Waals surface area contributed by atoms with Crippen molar-refractivity contribution in [2.75, 3.05) is 0 Å². The summed E-state index contributed by atoms with van der Waals surface area (Å²) < 4.78 is 0. The van der Waals surface area contributed by atoms with Crippen LogP contribution in [0.25, 0.3) is 0 Å². The van der Waals surface area contributed by atoms with Crippen molar-refractivity contribution < 1.29 is 39.6 Å². The van der Waals surface area contributed by atoms with Gasteiger partial charge < -0.3 is 20.4 Å².